The van der Waals surface area contributed by atoms with E-state index in [1.165, 1.54) is 24.5 Å². The van der Waals surface area contributed by atoms with Crippen LogP contribution in [0.15, 0.2) is 29.6 Å². The van der Waals surface area contributed by atoms with Crippen molar-refractivity contribution in [2.24, 2.45) is 0 Å². The third-order valence-electron chi connectivity index (χ3n) is 2.78. The molecule has 0 radical (unpaired) electrons. The number of benzene rings is 1. The molecule has 0 unspecified atom stereocenters. The van der Waals surface area contributed by atoms with Crippen LogP contribution in [0.5, 0.6) is 0 Å². The van der Waals surface area contributed by atoms with Crippen LogP contribution in [-0.4, -0.2) is 25.1 Å². The number of hydrogen-bond acceptors (Lipinski definition) is 5. The second-order valence-electron chi connectivity index (χ2n) is 4.32. The van der Waals surface area contributed by atoms with Crippen LogP contribution in [0.4, 0.5) is 9.52 Å². The van der Waals surface area contributed by atoms with Gasteiger partial charge in [-0.15, -0.1) is 11.3 Å². The quantitative estimate of drug-likeness (QED) is 0.795. The molecule has 6 heteroatoms. The molecule has 1 aromatic carbocycles. The molecule has 106 valence electrons. The van der Waals surface area contributed by atoms with Gasteiger partial charge in [0.05, 0.1) is 19.2 Å². The van der Waals surface area contributed by atoms with Crippen molar-refractivity contribution in [3.8, 4) is 0 Å². The summed E-state index contributed by atoms with van der Waals surface area (Å²) in [5.41, 5.74) is 1.27. The molecule has 0 aliphatic carbocycles. The molecule has 4 nitrogen and oxygen atoms in total. The predicted molar refractivity (Wildman–Crippen MR) is 76.3 cm³/mol. The van der Waals surface area contributed by atoms with Crippen LogP contribution in [0.2, 0.25) is 0 Å². The van der Waals surface area contributed by atoms with Crippen LogP contribution in [0, 0.1) is 5.82 Å². The summed E-state index contributed by atoms with van der Waals surface area (Å²) < 4.78 is 18.2. The van der Waals surface area contributed by atoms with E-state index >= 15 is 0 Å². The Balaban J connectivity index is 2.04. The number of hydrogen-bond donors (Lipinski definition) is 0. The lowest BCUT2D eigenvalue weighted by Crippen LogP contribution is -2.17. The van der Waals surface area contributed by atoms with Gasteiger partial charge < -0.3 is 9.64 Å². The Morgan fingerprint density at radius 3 is 2.90 bits per heavy atom. The van der Waals surface area contributed by atoms with Gasteiger partial charge in [-0.3, -0.25) is 4.79 Å². The Labute approximate surface area is 120 Å². The molecule has 0 N–H and O–H groups in total. The summed E-state index contributed by atoms with van der Waals surface area (Å²) in [6.45, 7) is 0.428. The zero-order valence-corrected chi connectivity index (χ0v) is 12.1. The second kappa shape index (κ2) is 6.47. The molecule has 2 rings (SSSR count). The van der Waals surface area contributed by atoms with Crippen molar-refractivity contribution >= 4 is 22.4 Å². The van der Waals surface area contributed by atoms with E-state index in [9.17, 15) is 9.18 Å². The number of carbonyl (C=O) groups excluding carboxylic acids is 1. The summed E-state index contributed by atoms with van der Waals surface area (Å²) in [5.74, 6) is -0.552. The van der Waals surface area contributed by atoms with E-state index in [-0.39, 0.29) is 18.2 Å². The lowest BCUT2D eigenvalue weighted by atomic mass is 10.2. The van der Waals surface area contributed by atoms with E-state index in [0.717, 1.165) is 5.13 Å². The molecular weight excluding hydrogens is 279 g/mol. The molecule has 0 aliphatic rings. The molecule has 1 aromatic heterocycles. The molecule has 0 bridgehead atoms. The number of methoxy groups -OCH3 is 1. The fraction of sp³-hybridized carbons (Fsp3) is 0.286. The first-order valence-corrected chi connectivity index (χ1v) is 6.94. The van der Waals surface area contributed by atoms with Gasteiger partial charge in [0.1, 0.15) is 5.82 Å². The van der Waals surface area contributed by atoms with E-state index in [1.54, 1.807) is 18.2 Å². The summed E-state index contributed by atoms with van der Waals surface area (Å²) in [5, 5.41) is 2.55. The largest absolute Gasteiger partial charge is 0.469 e. The minimum Gasteiger partial charge on any atom is -0.469 e. The maximum atomic E-state index is 13.6. The van der Waals surface area contributed by atoms with Gasteiger partial charge in [-0.05, 0) is 6.07 Å². The average Bonchev–Trinajstić information content (AvgIpc) is 2.89. The van der Waals surface area contributed by atoms with Crippen molar-refractivity contribution in [3.05, 3.63) is 46.7 Å². The molecule has 0 aliphatic heterocycles. The van der Waals surface area contributed by atoms with Crippen LogP contribution < -0.4 is 4.90 Å². The van der Waals surface area contributed by atoms with E-state index in [1.807, 2.05) is 17.3 Å². The first kappa shape index (κ1) is 14.5. The SMILES string of the molecule is COC(=O)Cc1csc(N(C)Cc2ccccc2F)n1. The van der Waals surface area contributed by atoms with Gasteiger partial charge in [-0.2, -0.15) is 0 Å². The average molecular weight is 294 g/mol. The van der Waals surface area contributed by atoms with Crippen molar-refractivity contribution in [3.63, 3.8) is 0 Å². The number of anilines is 1. The zero-order chi connectivity index (χ0) is 14.5. The van der Waals surface area contributed by atoms with Crippen LogP contribution in [-0.2, 0) is 22.5 Å². The number of ether oxygens (including phenoxy) is 1. The second-order valence-corrected chi connectivity index (χ2v) is 5.16. The van der Waals surface area contributed by atoms with Crippen LogP contribution in [0.3, 0.4) is 0 Å². The lowest BCUT2D eigenvalue weighted by molar-refractivity contribution is -0.139. The number of aromatic nitrogens is 1. The van der Waals surface area contributed by atoms with E-state index in [2.05, 4.69) is 9.72 Å². The maximum Gasteiger partial charge on any atom is 0.311 e. The number of nitrogens with zero attached hydrogens (tertiary/aromatic N) is 2. The Morgan fingerprint density at radius 1 is 1.45 bits per heavy atom. The van der Waals surface area contributed by atoms with E-state index in [4.69, 9.17) is 0 Å². The highest BCUT2D eigenvalue weighted by Crippen LogP contribution is 2.22. The topological polar surface area (TPSA) is 42.4 Å². The molecular formula is C14H15FN2O2S. The molecule has 0 fully saturated rings. The summed E-state index contributed by atoms with van der Waals surface area (Å²) in [4.78, 5) is 17.4. The van der Waals surface area contributed by atoms with Crippen LogP contribution in [0.1, 0.15) is 11.3 Å². The van der Waals surface area contributed by atoms with Crippen molar-refractivity contribution < 1.29 is 13.9 Å². The summed E-state index contributed by atoms with van der Waals surface area (Å²) in [7, 11) is 3.19. The Morgan fingerprint density at radius 2 is 2.20 bits per heavy atom. The number of carbonyl (C=O) groups is 1. The monoisotopic (exact) mass is 294 g/mol. The van der Waals surface area contributed by atoms with Crippen molar-refractivity contribution in [1.82, 2.24) is 4.98 Å². The number of thiazole rings is 1. The molecule has 0 atom stereocenters. The van der Waals surface area contributed by atoms with Gasteiger partial charge in [0.15, 0.2) is 5.13 Å². The maximum absolute atomic E-state index is 13.6. The van der Waals surface area contributed by atoms with Gasteiger partial charge in [0, 0.05) is 24.5 Å². The van der Waals surface area contributed by atoms with Gasteiger partial charge in [-0.25, -0.2) is 9.37 Å². The minimum absolute atomic E-state index is 0.153. The smallest absolute Gasteiger partial charge is 0.311 e. The van der Waals surface area contributed by atoms with Gasteiger partial charge in [-0.1, -0.05) is 18.2 Å². The lowest BCUT2D eigenvalue weighted by Gasteiger charge is -2.16. The molecule has 20 heavy (non-hydrogen) atoms. The van der Waals surface area contributed by atoms with E-state index in [0.29, 0.717) is 17.8 Å². The highest BCUT2D eigenvalue weighted by atomic mass is 32.1. The fourth-order valence-electron chi connectivity index (χ4n) is 1.72. The molecule has 0 saturated carbocycles. The van der Waals surface area contributed by atoms with Crippen LogP contribution in [0.25, 0.3) is 0 Å². The number of rotatable bonds is 5. The summed E-state index contributed by atoms with van der Waals surface area (Å²) >= 11 is 1.42. The first-order chi connectivity index (χ1) is 9.60. The van der Waals surface area contributed by atoms with Gasteiger partial charge in [0.25, 0.3) is 0 Å². The third-order valence-corrected chi connectivity index (χ3v) is 3.79. The molecule has 0 amide bonds. The first-order valence-electron chi connectivity index (χ1n) is 6.06. The number of halogens is 1. The highest BCUT2D eigenvalue weighted by Gasteiger charge is 2.12. The fourth-order valence-corrected chi connectivity index (χ4v) is 2.51. The summed E-state index contributed by atoms with van der Waals surface area (Å²) in [6.07, 6.45) is 0.153. The Kier molecular flexibility index (Phi) is 4.68. The molecule has 1 heterocycles. The van der Waals surface area contributed by atoms with Gasteiger partial charge >= 0.3 is 5.97 Å². The zero-order valence-electron chi connectivity index (χ0n) is 11.3. The molecule has 0 saturated heterocycles. The highest BCUT2D eigenvalue weighted by molar-refractivity contribution is 7.13. The predicted octanol–water partition coefficient (Wildman–Crippen LogP) is 2.63. The normalized spacial score (nSPS) is 10.3. The Bertz CT molecular complexity index is 600. The minimum atomic E-state index is -0.321. The van der Waals surface area contributed by atoms with Crippen LogP contribution >= 0.6 is 11.3 Å². The molecule has 0 spiro atoms. The molecule has 2 aromatic rings. The number of esters is 1. The summed E-state index contributed by atoms with van der Waals surface area (Å²) in [6, 6.07) is 6.65. The Hall–Kier alpha value is -1.95. The van der Waals surface area contributed by atoms with Crippen molar-refractivity contribution in [2.75, 3.05) is 19.1 Å². The van der Waals surface area contributed by atoms with Crippen molar-refractivity contribution in [1.29, 1.82) is 0 Å². The standard InChI is InChI=1S/C14H15FN2O2S/c1-17(8-10-5-3-4-6-12(10)15)14-16-11(9-20-14)7-13(18)19-2/h3-6,9H,7-8H2,1-2H3. The van der Waals surface area contributed by atoms with E-state index < -0.39 is 0 Å². The third kappa shape index (κ3) is 3.54. The van der Waals surface area contributed by atoms with Gasteiger partial charge in [0.2, 0.25) is 0 Å². The van der Waals surface area contributed by atoms with Crippen molar-refractivity contribution in [2.45, 2.75) is 13.0 Å².